The normalized spacial score (nSPS) is 11.9. The number of hydrogen-bond donors (Lipinski definition) is 1. The number of aryl methyl sites for hydroxylation is 2. The molecule has 1 heterocycles. The van der Waals surface area contributed by atoms with Gasteiger partial charge in [0.05, 0.1) is 11.0 Å². The summed E-state index contributed by atoms with van der Waals surface area (Å²) in [5.74, 6) is 1.37. The number of unbranched alkanes of at least 4 members (excludes halogenated alkanes) is 11. The van der Waals surface area contributed by atoms with Gasteiger partial charge in [-0.15, -0.1) is 0 Å². The number of hydrogen-bond acceptors (Lipinski definition) is 2. The van der Waals surface area contributed by atoms with Crippen LogP contribution in [0, 0.1) is 5.41 Å². The summed E-state index contributed by atoms with van der Waals surface area (Å²) < 4.78 is 2.46. The number of benzene rings is 1. The van der Waals surface area contributed by atoms with Gasteiger partial charge in [0.1, 0.15) is 5.82 Å². The standard InChI is InChI=1S/C29H49N3O/c1-5-6-7-8-9-10-11-12-13-19-24-32-26-21-17-16-20-25(26)31-27(32)22-15-14-18-23-30-28(33)29(2,3)4/h16-17,20-21H,5-15,18-19,22-24H2,1-4H3,(H,30,33). The molecule has 4 nitrogen and oxygen atoms in total. The number of nitrogens with one attached hydrogen (secondary N) is 1. The summed E-state index contributed by atoms with van der Waals surface area (Å²) in [5.41, 5.74) is 2.09. The van der Waals surface area contributed by atoms with Gasteiger partial charge in [-0.1, -0.05) is 104 Å². The van der Waals surface area contributed by atoms with E-state index in [0.717, 1.165) is 44.3 Å². The minimum Gasteiger partial charge on any atom is -0.356 e. The molecule has 0 saturated heterocycles. The van der Waals surface area contributed by atoms with Crippen LogP contribution < -0.4 is 5.32 Å². The third-order valence-electron chi connectivity index (χ3n) is 6.51. The predicted octanol–water partition coefficient (Wildman–Crippen LogP) is 7.83. The highest BCUT2D eigenvalue weighted by Crippen LogP contribution is 2.20. The molecule has 2 aromatic rings. The van der Waals surface area contributed by atoms with E-state index in [1.165, 1.54) is 75.5 Å². The van der Waals surface area contributed by atoms with Crippen LogP contribution in [0.5, 0.6) is 0 Å². The van der Waals surface area contributed by atoms with Crippen molar-refractivity contribution in [3.8, 4) is 0 Å². The lowest BCUT2D eigenvalue weighted by Crippen LogP contribution is -2.35. The van der Waals surface area contributed by atoms with Gasteiger partial charge in [0.15, 0.2) is 0 Å². The number of imidazole rings is 1. The Kier molecular flexibility index (Phi) is 12.6. The van der Waals surface area contributed by atoms with Crippen LogP contribution in [0.2, 0.25) is 0 Å². The van der Waals surface area contributed by atoms with Gasteiger partial charge in [-0.25, -0.2) is 4.98 Å². The SMILES string of the molecule is CCCCCCCCCCCCn1c(CCCCCNC(=O)C(C)(C)C)nc2ccccc21. The quantitative estimate of drug-likeness (QED) is 0.247. The molecule has 0 radical (unpaired) electrons. The molecule has 0 unspecified atom stereocenters. The van der Waals surface area contributed by atoms with E-state index < -0.39 is 0 Å². The lowest BCUT2D eigenvalue weighted by atomic mass is 9.96. The molecule has 0 atom stereocenters. The average molecular weight is 456 g/mol. The fourth-order valence-corrected chi connectivity index (χ4v) is 4.38. The minimum atomic E-state index is -0.306. The van der Waals surface area contributed by atoms with E-state index in [-0.39, 0.29) is 11.3 Å². The third kappa shape index (κ3) is 10.3. The van der Waals surface area contributed by atoms with Gasteiger partial charge in [0.25, 0.3) is 0 Å². The molecule has 33 heavy (non-hydrogen) atoms. The predicted molar refractivity (Wildman–Crippen MR) is 142 cm³/mol. The van der Waals surface area contributed by atoms with Crippen molar-refractivity contribution < 1.29 is 4.79 Å². The highest BCUT2D eigenvalue weighted by molar-refractivity contribution is 5.81. The summed E-state index contributed by atoms with van der Waals surface area (Å²) in [6.07, 6.45) is 17.9. The summed E-state index contributed by atoms with van der Waals surface area (Å²) in [4.78, 5) is 16.9. The Bertz CT molecular complexity index is 803. The molecular formula is C29H49N3O. The number of carbonyl (C=O) groups excluding carboxylic acids is 1. The molecular weight excluding hydrogens is 406 g/mol. The van der Waals surface area contributed by atoms with Crippen LogP contribution in [0.25, 0.3) is 11.0 Å². The highest BCUT2D eigenvalue weighted by atomic mass is 16.2. The van der Waals surface area contributed by atoms with E-state index in [0.29, 0.717) is 0 Å². The average Bonchev–Trinajstić information content (AvgIpc) is 3.14. The van der Waals surface area contributed by atoms with Crippen molar-refractivity contribution in [2.24, 2.45) is 5.41 Å². The van der Waals surface area contributed by atoms with Crippen molar-refractivity contribution in [1.29, 1.82) is 0 Å². The Morgan fingerprint density at radius 3 is 2.12 bits per heavy atom. The Hall–Kier alpha value is -1.84. The van der Waals surface area contributed by atoms with Crippen molar-refractivity contribution in [2.45, 2.75) is 124 Å². The van der Waals surface area contributed by atoms with Gasteiger partial charge < -0.3 is 9.88 Å². The fourth-order valence-electron chi connectivity index (χ4n) is 4.38. The lowest BCUT2D eigenvalue weighted by molar-refractivity contribution is -0.128. The smallest absolute Gasteiger partial charge is 0.225 e. The van der Waals surface area contributed by atoms with Crippen LogP contribution in [0.15, 0.2) is 24.3 Å². The largest absolute Gasteiger partial charge is 0.356 e. The number of rotatable bonds is 17. The molecule has 1 amide bonds. The van der Waals surface area contributed by atoms with E-state index in [4.69, 9.17) is 4.98 Å². The molecule has 4 heteroatoms. The summed E-state index contributed by atoms with van der Waals surface area (Å²) >= 11 is 0. The maximum Gasteiger partial charge on any atom is 0.225 e. The second-order valence-corrected chi connectivity index (χ2v) is 10.7. The lowest BCUT2D eigenvalue weighted by Gasteiger charge is -2.17. The molecule has 1 aromatic carbocycles. The molecule has 0 bridgehead atoms. The molecule has 1 N–H and O–H groups in total. The molecule has 0 spiro atoms. The van der Waals surface area contributed by atoms with E-state index in [1.54, 1.807) is 0 Å². The molecule has 0 aliphatic rings. The van der Waals surface area contributed by atoms with E-state index >= 15 is 0 Å². The van der Waals surface area contributed by atoms with E-state index in [1.807, 2.05) is 20.8 Å². The van der Waals surface area contributed by atoms with Crippen LogP contribution in [0.1, 0.15) is 117 Å². The first-order chi connectivity index (χ1) is 15.9. The van der Waals surface area contributed by atoms with Crippen molar-refractivity contribution >= 4 is 16.9 Å². The highest BCUT2D eigenvalue weighted by Gasteiger charge is 2.20. The van der Waals surface area contributed by atoms with Crippen molar-refractivity contribution in [3.63, 3.8) is 0 Å². The number of para-hydroxylation sites is 2. The zero-order valence-electron chi connectivity index (χ0n) is 21.9. The molecule has 186 valence electrons. The molecule has 0 aliphatic heterocycles. The second kappa shape index (κ2) is 15.1. The van der Waals surface area contributed by atoms with E-state index in [9.17, 15) is 4.79 Å². The first-order valence-electron chi connectivity index (χ1n) is 13.7. The fraction of sp³-hybridized carbons (Fsp3) is 0.724. The maximum absolute atomic E-state index is 12.0. The molecule has 0 fully saturated rings. The van der Waals surface area contributed by atoms with Crippen LogP contribution in [0.3, 0.4) is 0 Å². The maximum atomic E-state index is 12.0. The minimum absolute atomic E-state index is 0.140. The van der Waals surface area contributed by atoms with Crippen LogP contribution in [0.4, 0.5) is 0 Å². The zero-order valence-corrected chi connectivity index (χ0v) is 21.9. The number of nitrogens with zero attached hydrogens (tertiary/aromatic N) is 2. The Morgan fingerprint density at radius 2 is 1.45 bits per heavy atom. The number of aromatic nitrogens is 2. The molecule has 0 aliphatic carbocycles. The third-order valence-corrected chi connectivity index (χ3v) is 6.51. The van der Waals surface area contributed by atoms with Crippen molar-refractivity contribution in [3.05, 3.63) is 30.1 Å². The summed E-state index contributed by atoms with van der Waals surface area (Å²) in [6.45, 7) is 10.0. The first-order valence-corrected chi connectivity index (χ1v) is 13.7. The summed E-state index contributed by atoms with van der Waals surface area (Å²) in [6, 6.07) is 8.56. The topological polar surface area (TPSA) is 46.9 Å². The number of amides is 1. The van der Waals surface area contributed by atoms with Gasteiger partial charge in [0, 0.05) is 24.9 Å². The van der Waals surface area contributed by atoms with Gasteiger partial charge in [0.2, 0.25) is 5.91 Å². The summed E-state index contributed by atoms with van der Waals surface area (Å²) in [5, 5.41) is 3.06. The number of fused-ring (bicyclic) bond motifs is 1. The van der Waals surface area contributed by atoms with Gasteiger partial charge in [-0.3, -0.25) is 4.79 Å². The van der Waals surface area contributed by atoms with E-state index in [2.05, 4.69) is 41.1 Å². The monoisotopic (exact) mass is 455 g/mol. The van der Waals surface area contributed by atoms with Crippen LogP contribution >= 0.6 is 0 Å². The zero-order chi connectivity index (χ0) is 23.9. The molecule has 0 saturated carbocycles. The van der Waals surface area contributed by atoms with Crippen LogP contribution in [-0.2, 0) is 17.8 Å². The Labute approximate surface area is 202 Å². The molecule has 1 aromatic heterocycles. The van der Waals surface area contributed by atoms with Gasteiger partial charge in [-0.05, 0) is 31.4 Å². The van der Waals surface area contributed by atoms with Crippen LogP contribution in [-0.4, -0.2) is 22.0 Å². The number of carbonyl (C=O) groups is 1. The van der Waals surface area contributed by atoms with Gasteiger partial charge >= 0.3 is 0 Å². The molecule has 2 rings (SSSR count). The van der Waals surface area contributed by atoms with Crippen molar-refractivity contribution in [1.82, 2.24) is 14.9 Å². The van der Waals surface area contributed by atoms with Crippen molar-refractivity contribution in [2.75, 3.05) is 6.54 Å². The second-order valence-electron chi connectivity index (χ2n) is 10.7. The Morgan fingerprint density at radius 1 is 0.848 bits per heavy atom. The van der Waals surface area contributed by atoms with Gasteiger partial charge in [-0.2, -0.15) is 0 Å². The first kappa shape index (κ1) is 27.4. The summed E-state index contributed by atoms with van der Waals surface area (Å²) in [7, 11) is 0. The Balaban J connectivity index is 1.71.